The summed E-state index contributed by atoms with van der Waals surface area (Å²) in [6.45, 7) is 1.31. The van der Waals surface area contributed by atoms with Crippen molar-refractivity contribution in [1.29, 1.82) is 0 Å². The summed E-state index contributed by atoms with van der Waals surface area (Å²) < 4.78 is 0. The third-order valence-electron chi connectivity index (χ3n) is 1.55. The van der Waals surface area contributed by atoms with E-state index in [4.69, 9.17) is 10.2 Å². The van der Waals surface area contributed by atoms with Crippen LogP contribution >= 0.6 is 0 Å². The lowest BCUT2D eigenvalue weighted by Crippen LogP contribution is -2.30. The second-order valence-corrected chi connectivity index (χ2v) is 2.46. The molecule has 0 spiro atoms. The van der Waals surface area contributed by atoms with Gasteiger partial charge in [-0.2, -0.15) is 0 Å². The molecule has 0 fully saturated rings. The number of nitrogens with zero attached hydrogens (tertiary/aromatic N) is 1. The number of aliphatic hydroxyl groups excluding tert-OH is 2. The second-order valence-electron chi connectivity index (χ2n) is 2.46. The number of hydrogen-bond donors (Lipinski definition) is 2. The minimum absolute atomic E-state index is 0.0402. The van der Waals surface area contributed by atoms with Crippen LogP contribution in [0.1, 0.15) is 19.8 Å². The zero-order valence-corrected chi connectivity index (χ0v) is 6.43. The molecule has 0 heterocycles. The Morgan fingerprint density at radius 2 is 2.18 bits per heavy atom. The summed E-state index contributed by atoms with van der Waals surface area (Å²) in [5, 5.41) is 27.5. The van der Waals surface area contributed by atoms with Crippen LogP contribution in [-0.4, -0.2) is 33.9 Å². The Bertz CT molecular complexity index is 128. The summed E-state index contributed by atoms with van der Waals surface area (Å²) in [5.41, 5.74) is 0. The van der Waals surface area contributed by atoms with E-state index in [-0.39, 0.29) is 13.0 Å². The van der Waals surface area contributed by atoms with E-state index in [0.717, 1.165) is 0 Å². The van der Waals surface area contributed by atoms with Gasteiger partial charge in [-0.3, -0.25) is 10.1 Å². The predicted octanol–water partition coefficient (Wildman–Crippen LogP) is -0.215. The molecule has 0 aromatic carbocycles. The van der Waals surface area contributed by atoms with Gasteiger partial charge in [0.1, 0.15) is 6.10 Å². The highest BCUT2D eigenvalue weighted by Gasteiger charge is 2.22. The van der Waals surface area contributed by atoms with E-state index in [1.807, 2.05) is 0 Å². The Morgan fingerprint density at radius 1 is 1.64 bits per heavy atom. The van der Waals surface area contributed by atoms with Gasteiger partial charge in [-0.1, -0.05) is 0 Å². The van der Waals surface area contributed by atoms with Crippen LogP contribution < -0.4 is 0 Å². The minimum atomic E-state index is -0.947. The Hall–Kier alpha value is -0.680. The molecule has 5 nitrogen and oxygen atoms in total. The number of rotatable bonds is 5. The van der Waals surface area contributed by atoms with Crippen molar-refractivity contribution in [3.63, 3.8) is 0 Å². The summed E-state index contributed by atoms with van der Waals surface area (Å²) in [6.07, 6.45) is -0.269. The highest BCUT2D eigenvalue weighted by atomic mass is 16.6. The van der Waals surface area contributed by atoms with Crippen molar-refractivity contribution in [1.82, 2.24) is 0 Å². The standard InChI is InChI=1S/C6H13NO4/c1-5(7(10)11)6(9)3-2-4-8/h5-6,8-9H,2-4H2,1H3. The summed E-state index contributed by atoms with van der Waals surface area (Å²) in [7, 11) is 0. The first-order chi connectivity index (χ1) is 5.09. The lowest BCUT2D eigenvalue weighted by Gasteiger charge is -2.10. The molecule has 2 atom stereocenters. The van der Waals surface area contributed by atoms with Gasteiger partial charge in [-0.15, -0.1) is 0 Å². The largest absolute Gasteiger partial charge is 0.396 e. The van der Waals surface area contributed by atoms with Crippen LogP contribution in [0.5, 0.6) is 0 Å². The zero-order valence-electron chi connectivity index (χ0n) is 6.43. The third kappa shape index (κ3) is 3.90. The van der Waals surface area contributed by atoms with Gasteiger partial charge in [0, 0.05) is 18.5 Å². The highest BCUT2D eigenvalue weighted by Crippen LogP contribution is 2.03. The molecule has 11 heavy (non-hydrogen) atoms. The van der Waals surface area contributed by atoms with Crippen molar-refractivity contribution < 1.29 is 15.1 Å². The normalized spacial score (nSPS) is 15.9. The van der Waals surface area contributed by atoms with E-state index >= 15 is 0 Å². The first-order valence-corrected chi connectivity index (χ1v) is 3.52. The predicted molar refractivity (Wildman–Crippen MR) is 38.8 cm³/mol. The number of aliphatic hydroxyl groups is 2. The maximum absolute atomic E-state index is 10.1. The quantitative estimate of drug-likeness (QED) is 0.433. The minimum Gasteiger partial charge on any atom is -0.396 e. The molecule has 0 radical (unpaired) electrons. The lowest BCUT2D eigenvalue weighted by molar-refractivity contribution is -0.530. The molecule has 0 aromatic heterocycles. The average Bonchev–Trinajstić information content (AvgIpc) is 1.98. The van der Waals surface area contributed by atoms with E-state index in [2.05, 4.69) is 0 Å². The van der Waals surface area contributed by atoms with Crippen molar-refractivity contribution in [2.24, 2.45) is 0 Å². The first-order valence-electron chi connectivity index (χ1n) is 3.52. The Labute approximate surface area is 64.8 Å². The average molecular weight is 163 g/mol. The topological polar surface area (TPSA) is 83.6 Å². The summed E-state index contributed by atoms with van der Waals surface area (Å²) in [6, 6.07) is -0.943. The van der Waals surface area contributed by atoms with Gasteiger partial charge in [-0.05, 0) is 12.8 Å². The van der Waals surface area contributed by atoms with Crippen LogP contribution in [-0.2, 0) is 0 Å². The molecule has 5 heteroatoms. The van der Waals surface area contributed by atoms with Gasteiger partial charge in [0.15, 0.2) is 0 Å². The van der Waals surface area contributed by atoms with Crippen molar-refractivity contribution in [3.05, 3.63) is 10.1 Å². The molecule has 66 valence electrons. The van der Waals surface area contributed by atoms with Crippen LogP contribution in [0.15, 0.2) is 0 Å². The van der Waals surface area contributed by atoms with Crippen molar-refractivity contribution in [2.75, 3.05) is 6.61 Å². The molecule has 0 saturated heterocycles. The van der Waals surface area contributed by atoms with E-state index in [9.17, 15) is 10.1 Å². The molecule has 0 amide bonds. The molecule has 0 aromatic rings. The van der Waals surface area contributed by atoms with Gasteiger partial charge in [0.25, 0.3) is 0 Å². The van der Waals surface area contributed by atoms with Gasteiger partial charge in [-0.25, -0.2) is 0 Å². The van der Waals surface area contributed by atoms with Crippen molar-refractivity contribution in [2.45, 2.75) is 31.9 Å². The monoisotopic (exact) mass is 163 g/mol. The van der Waals surface area contributed by atoms with Gasteiger partial charge < -0.3 is 10.2 Å². The molecule has 0 aliphatic rings. The second kappa shape index (κ2) is 5.03. The fourth-order valence-corrected chi connectivity index (χ4v) is 0.682. The van der Waals surface area contributed by atoms with E-state index in [0.29, 0.717) is 6.42 Å². The summed E-state index contributed by atoms with van der Waals surface area (Å²) in [5.74, 6) is 0. The molecule has 0 bridgehead atoms. The lowest BCUT2D eigenvalue weighted by atomic mass is 10.1. The summed E-state index contributed by atoms with van der Waals surface area (Å²) in [4.78, 5) is 9.56. The molecule has 2 unspecified atom stereocenters. The zero-order chi connectivity index (χ0) is 8.85. The maximum Gasteiger partial charge on any atom is 0.235 e. The summed E-state index contributed by atoms with van der Waals surface area (Å²) >= 11 is 0. The smallest absolute Gasteiger partial charge is 0.235 e. The Balaban J connectivity index is 3.63. The van der Waals surface area contributed by atoms with Crippen LogP contribution in [0, 0.1) is 10.1 Å². The molecule has 2 N–H and O–H groups in total. The number of hydrogen-bond acceptors (Lipinski definition) is 4. The van der Waals surface area contributed by atoms with Crippen LogP contribution in [0.4, 0.5) is 0 Å². The van der Waals surface area contributed by atoms with Gasteiger partial charge >= 0.3 is 0 Å². The van der Waals surface area contributed by atoms with Crippen molar-refractivity contribution >= 4 is 0 Å². The van der Waals surface area contributed by atoms with Crippen LogP contribution in [0.3, 0.4) is 0 Å². The Kier molecular flexibility index (Phi) is 4.72. The number of nitro groups is 1. The molecular weight excluding hydrogens is 150 g/mol. The molecule has 0 saturated carbocycles. The molecule has 0 rings (SSSR count). The van der Waals surface area contributed by atoms with E-state index in [1.54, 1.807) is 0 Å². The van der Waals surface area contributed by atoms with E-state index in [1.165, 1.54) is 6.92 Å². The third-order valence-corrected chi connectivity index (χ3v) is 1.55. The molecular formula is C6H13NO4. The SMILES string of the molecule is CC(C(O)CCCO)[N+](=O)[O-]. The van der Waals surface area contributed by atoms with E-state index < -0.39 is 17.1 Å². The van der Waals surface area contributed by atoms with Crippen molar-refractivity contribution in [3.8, 4) is 0 Å². The molecule has 0 aliphatic heterocycles. The highest BCUT2D eigenvalue weighted by molar-refractivity contribution is 4.62. The first kappa shape index (κ1) is 10.3. The van der Waals surface area contributed by atoms with Crippen LogP contribution in [0.2, 0.25) is 0 Å². The van der Waals surface area contributed by atoms with Gasteiger partial charge in [0.05, 0.1) is 0 Å². The van der Waals surface area contributed by atoms with Crippen LogP contribution in [0.25, 0.3) is 0 Å². The van der Waals surface area contributed by atoms with Gasteiger partial charge in [0.2, 0.25) is 6.04 Å². The fraction of sp³-hybridized carbons (Fsp3) is 1.00. The fourth-order valence-electron chi connectivity index (χ4n) is 0.682. The molecule has 0 aliphatic carbocycles. The maximum atomic E-state index is 10.1. The Morgan fingerprint density at radius 3 is 2.55 bits per heavy atom.